The number of halogens is 2. The van der Waals surface area contributed by atoms with Gasteiger partial charge in [0.25, 0.3) is 5.91 Å². The molecule has 3 aromatic carbocycles. The first-order chi connectivity index (χ1) is 16.4. The summed E-state index contributed by atoms with van der Waals surface area (Å²) in [7, 11) is 0. The Morgan fingerprint density at radius 1 is 0.941 bits per heavy atom. The van der Waals surface area contributed by atoms with Crippen LogP contribution in [-0.2, 0) is 6.54 Å². The monoisotopic (exact) mass is 462 g/mol. The van der Waals surface area contributed by atoms with Crippen molar-refractivity contribution in [2.75, 3.05) is 26.2 Å². The van der Waals surface area contributed by atoms with E-state index in [1.54, 1.807) is 31.2 Å². The molecule has 1 fully saturated rings. The van der Waals surface area contributed by atoms with E-state index in [4.69, 9.17) is 4.99 Å². The van der Waals surface area contributed by atoms with Crippen LogP contribution in [0.5, 0.6) is 0 Å². The molecule has 0 radical (unpaired) electrons. The van der Waals surface area contributed by atoms with Gasteiger partial charge in [-0.25, -0.2) is 13.8 Å². The molecule has 0 atom stereocenters. The van der Waals surface area contributed by atoms with Gasteiger partial charge >= 0.3 is 0 Å². The summed E-state index contributed by atoms with van der Waals surface area (Å²) >= 11 is 0. The molecular formula is C27H28F2N4O. The van der Waals surface area contributed by atoms with Crippen LogP contribution >= 0.6 is 0 Å². The minimum atomic E-state index is -0.421. The number of nitrogens with zero attached hydrogens (tertiary/aromatic N) is 3. The van der Waals surface area contributed by atoms with Crippen LogP contribution in [0, 0.1) is 25.5 Å². The van der Waals surface area contributed by atoms with Crippen LogP contribution < -0.4 is 5.32 Å². The van der Waals surface area contributed by atoms with Crippen molar-refractivity contribution in [3.05, 3.63) is 101 Å². The number of rotatable bonds is 4. The van der Waals surface area contributed by atoms with Gasteiger partial charge in [0, 0.05) is 38.3 Å². The summed E-state index contributed by atoms with van der Waals surface area (Å²) in [5, 5.41) is 2.89. The lowest BCUT2D eigenvalue weighted by Gasteiger charge is -2.36. The van der Waals surface area contributed by atoms with Gasteiger partial charge in [0.15, 0.2) is 0 Å². The van der Waals surface area contributed by atoms with Crippen molar-refractivity contribution in [3.63, 3.8) is 0 Å². The molecular weight excluding hydrogens is 434 g/mol. The predicted molar refractivity (Wildman–Crippen MR) is 130 cm³/mol. The van der Waals surface area contributed by atoms with Gasteiger partial charge in [0.05, 0.1) is 5.69 Å². The number of aliphatic imine (C=N–C) groups is 1. The molecule has 7 heteroatoms. The standard InChI is InChI=1S/C27H28F2N4O/c1-19-5-3-8-24(15-19)30-27(31-26(34)22-10-9-20(2)25(29)17-22)33-13-11-32(12-14-33)18-21-6-4-7-23(28)16-21/h3-10,15-17H,11-14,18H2,1-2H3,(H,30,31,34). The Morgan fingerprint density at radius 3 is 2.41 bits per heavy atom. The molecule has 0 spiro atoms. The van der Waals surface area contributed by atoms with Crippen LogP contribution in [0.3, 0.4) is 0 Å². The number of benzene rings is 3. The summed E-state index contributed by atoms with van der Waals surface area (Å²) in [5.74, 6) is -0.635. The fourth-order valence-electron chi connectivity index (χ4n) is 3.92. The summed E-state index contributed by atoms with van der Waals surface area (Å²) in [6.07, 6.45) is 0. The van der Waals surface area contributed by atoms with Crippen LogP contribution in [0.1, 0.15) is 27.0 Å². The molecule has 1 N–H and O–H groups in total. The van der Waals surface area contributed by atoms with E-state index in [-0.39, 0.29) is 11.4 Å². The van der Waals surface area contributed by atoms with Crippen LogP contribution in [-0.4, -0.2) is 47.8 Å². The Labute approximate surface area is 198 Å². The Kier molecular flexibility index (Phi) is 7.33. The minimum absolute atomic E-state index is 0.237. The van der Waals surface area contributed by atoms with Crippen molar-refractivity contribution in [3.8, 4) is 0 Å². The number of aryl methyl sites for hydroxylation is 2. The lowest BCUT2D eigenvalue weighted by molar-refractivity contribution is 0.0967. The van der Waals surface area contributed by atoms with Gasteiger partial charge in [-0.2, -0.15) is 0 Å². The van der Waals surface area contributed by atoms with E-state index in [1.807, 2.05) is 42.2 Å². The van der Waals surface area contributed by atoms with E-state index in [2.05, 4.69) is 10.2 Å². The summed E-state index contributed by atoms with van der Waals surface area (Å²) in [6, 6.07) is 18.8. The quantitative estimate of drug-likeness (QED) is 0.447. The van der Waals surface area contributed by atoms with Crippen molar-refractivity contribution in [1.29, 1.82) is 0 Å². The van der Waals surface area contributed by atoms with Crippen molar-refractivity contribution < 1.29 is 13.6 Å². The highest BCUT2D eigenvalue weighted by Crippen LogP contribution is 2.16. The molecule has 1 saturated heterocycles. The van der Waals surface area contributed by atoms with E-state index in [0.717, 1.165) is 29.9 Å². The Morgan fingerprint density at radius 2 is 1.71 bits per heavy atom. The second-order valence-electron chi connectivity index (χ2n) is 8.59. The summed E-state index contributed by atoms with van der Waals surface area (Å²) in [6.45, 7) is 7.05. The molecule has 0 aromatic heterocycles. The zero-order valence-corrected chi connectivity index (χ0v) is 19.4. The largest absolute Gasteiger partial charge is 0.340 e. The van der Waals surface area contributed by atoms with E-state index in [0.29, 0.717) is 31.2 Å². The van der Waals surface area contributed by atoms with E-state index in [9.17, 15) is 13.6 Å². The van der Waals surface area contributed by atoms with E-state index >= 15 is 0 Å². The van der Waals surface area contributed by atoms with Gasteiger partial charge in [-0.3, -0.25) is 15.0 Å². The summed E-state index contributed by atoms with van der Waals surface area (Å²) in [5.41, 5.74) is 3.45. The molecule has 5 nitrogen and oxygen atoms in total. The first kappa shape index (κ1) is 23.6. The first-order valence-corrected chi connectivity index (χ1v) is 11.3. The van der Waals surface area contributed by atoms with Gasteiger partial charge in [-0.05, 0) is 66.9 Å². The van der Waals surface area contributed by atoms with Gasteiger partial charge < -0.3 is 4.90 Å². The van der Waals surface area contributed by atoms with Gasteiger partial charge in [-0.15, -0.1) is 0 Å². The topological polar surface area (TPSA) is 47.9 Å². The average molecular weight is 463 g/mol. The molecule has 0 aliphatic carbocycles. The Balaban J connectivity index is 1.50. The normalized spacial score (nSPS) is 14.8. The molecule has 1 heterocycles. The zero-order chi connectivity index (χ0) is 24.1. The number of hydrogen-bond donors (Lipinski definition) is 1. The Bertz CT molecular complexity index is 1200. The third-order valence-corrected chi connectivity index (χ3v) is 5.86. The van der Waals surface area contributed by atoms with Gasteiger partial charge in [0.1, 0.15) is 11.6 Å². The van der Waals surface area contributed by atoms with Crippen molar-refractivity contribution in [2.24, 2.45) is 4.99 Å². The second-order valence-corrected chi connectivity index (χ2v) is 8.59. The summed E-state index contributed by atoms with van der Waals surface area (Å²) in [4.78, 5) is 21.9. The lowest BCUT2D eigenvalue weighted by atomic mass is 10.1. The van der Waals surface area contributed by atoms with E-state index < -0.39 is 11.7 Å². The summed E-state index contributed by atoms with van der Waals surface area (Å²) < 4.78 is 27.5. The third-order valence-electron chi connectivity index (χ3n) is 5.86. The van der Waals surface area contributed by atoms with Crippen LogP contribution in [0.4, 0.5) is 14.5 Å². The minimum Gasteiger partial charge on any atom is -0.340 e. The van der Waals surface area contributed by atoms with E-state index in [1.165, 1.54) is 12.1 Å². The third kappa shape index (κ3) is 6.05. The van der Waals surface area contributed by atoms with Crippen LogP contribution in [0.2, 0.25) is 0 Å². The van der Waals surface area contributed by atoms with Gasteiger partial charge in [0.2, 0.25) is 5.96 Å². The number of nitrogens with one attached hydrogen (secondary N) is 1. The fourth-order valence-corrected chi connectivity index (χ4v) is 3.92. The highest BCUT2D eigenvalue weighted by molar-refractivity contribution is 6.06. The molecule has 176 valence electrons. The second kappa shape index (κ2) is 10.6. The van der Waals surface area contributed by atoms with Gasteiger partial charge in [-0.1, -0.05) is 30.3 Å². The molecule has 0 saturated carbocycles. The van der Waals surface area contributed by atoms with Crippen LogP contribution in [0.25, 0.3) is 0 Å². The number of carbonyl (C=O) groups excluding carboxylic acids is 1. The Hall–Kier alpha value is -3.58. The number of piperazine rings is 1. The fraction of sp³-hybridized carbons (Fsp3) is 0.259. The zero-order valence-electron chi connectivity index (χ0n) is 19.4. The predicted octanol–water partition coefficient (Wildman–Crippen LogP) is 4.82. The highest BCUT2D eigenvalue weighted by atomic mass is 19.1. The maximum absolute atomic E-state index is 14.0. The maximum Gasteiger partial charge on any atom is 0.258 e. The molecule has 1 aliphatic rings. The number of hydrogen-bond acceptors (Lipinski definition) is 3. The molecule has 3 aromatic rings. The molecule has 0 unspecified atom stereocenters. The maximum atomic E-state index is 14.0. The SMILES string of the molecule is Cc1cccc(N=C(NC(=O)c2ccc(C)c(F)c2)N2CCN(Cc3cccc(F)c3)CC2)c1. The van der Waals surface area contributed by atoms with Crippen LogP contribution in [0.15, 0.2) is 71.7 Å². The molecule has 1 aliphatic heterocycles. The molecule has 4 rings (SSSR count). The first-order valence-electron chi connectivity index (χ1n) is 11.3. The highest BCUT2D eigenvalue weighted by Gasteiger charge is 2.22. The van der Waals surface area contributed by atoms with Crippen molar-refractivity contribution in [2.45, 2.75) is 20.4 Å². The smallest absolute Gasteiger partial charge is 0.258 e. The molecule has 1 amide bonds. The average Bonchev–Trinajstić information content (AvgIpc) is 2.81. The number of carbonyl (C=O) groups is 1. The number of amides is 1. The lowest BCUT2D eigenvalue weighted by Crippen LogP contribution is -2.53. The molecule has 0 bridgehead atoms. The number of guanidine groups is 1. The molecule has 34 heavy (non-hydrogen) atoms. The van der Waals surface area contributed by atoms with Crippen molar-refractivity contribution >= 4 is 17.6 Å². The van der Waals surface area contributed by atoms with Crippen molar-refractivity contribution in [1.82, 2.24) is 15.1 Å².